The molecule has 0 amide bonds. The van der Waals surface area contributed by atoms with Crippen molar-refractivity contribution < 1.29 is 22.7 Å². The van der Waals surface area contributed by atoms with E-state index in [0.717, 1.165) is 33.7 Å². The highest BCUT2D eigenvalue weighted by Gasteiger charge is 2.31. The summed E-state index contributed by atoms with van der Waals surface area (Å²) < 4.78 is 47.2. The molecule has 5 nitrogen and oxygen atoms in total. The largest absolute Gasteiger partial charge is 0.454 e. The summed E-state index contributed by atoms with van der Waals surface area (Å²) in [5, 5.41) is 5.74. The number of benzene rings is 2. The monoisotopic (exact) mass is 473 g/mol. The highest BCUT2D eigenvalue weighted by atomic mass is 32.1. The first-order valence-corrected chi connectivity index (χ1v) is 11.1. The lowest BCUT2D eigenvalue weighted by Crippen LogP contribution is -2.06. The Labute approximate surface area is 187 Å². The van der Waals surface area contributed by atoms with E-state index < -0.39 is 17.7 Å². The molecular weight excluding hydrogens is 459 g/mol. The summed E-state index contributed by atoms with van der Waals surface area (Å²) in [5.74, 6) is -0.513. The van der Waals surface area contributed by atoms with E-state index in [1.165, 1.54) is 22.1 Å². The van der Waals surface area contributed by atoms with Crippen molar-refractivity contribution in [3.63, 3.8) is 0 Å². The fourth-order valence-corrected chi connectivity index (χ4v) is 5.27. The van der Waals surface area contributed by atoms with E-state index in [9.17, 15) is 18.0 Å². The second-order valence-corrected chi connectivity index (χ2v) is 9.17. The van der Waals surface area contributed by atoms with Gasteiger partial charge in [-0.15, -0.1) is 22.7 Å². The number of carbonyl (C=O) groups excluding carboxylic acids is 1. The second-order valence-electron chi connectivity index (χ2n) is 7.03. The van der Waals surface area contributed by atoms with Crippen LogP contribution in [0.4, 0.5) is 13.2 Å². The van der Waals surface area contributed by atoms with Gasteiger partial charge in [-0.3, -0.25) is 0 Å². The summed E-state index contributed by atoms with van der Waals surface area (Å²) in [4.78, 5) is 18.0. The molecule has 32 heavy (non-hydrogen) atoms. The van der Waals surface area contributed by atoms with E-state index in [4.69, 9.17) is 4.74 Å². The molecule has 5 rings (SSSR count). The van der Waals surface area contributed by atoms with Crippen LogP contribution in [0.2, 0.25) is 0 Å². The number of carbonyl (C=O) groups is 1. The number of aromatic nitrogens is 3. The summed E-state index contributed by atoms with van der Waals surface area (Å²) in [6.45, 7) is 1.79. The van der Waals surface area contributed by atoms with Crippen molar-refractivity contribution in [2.75, 3.05) is 0 Å². The Morgan fingerprint density at radius 3 is 2.69 bits per heavy atom. The Morgan fingerprint density at radius 1 is 1.09 bits per heavy atom. The van der Waals surface area contributed by atoms with E-state index in [0.29, 0.717) is 25.8 Å². The molecule has 10 heteroatoms. The normalized spacial score (nSPS) is 12.0. The number of esters is 1. The molecule has 0 aliphatic rings. The van der Waals surface area contributed by atoms with E-state index in [1.807, 2.05) is 24.3 Å². The SMILES string of the molecule is Cc1nn(-c2cccc(C(F)(F)F)c2)c2sc(C(=O)OCc3nc4ccccc4s3)cc12. The molecule has 0 aliphatic heterocycles. The molecule has 0 atom stereocenters. The first kappa shape index (κ1) is 20.7. The number of thiophene rings is 1. The first-order valence-electron chi connectivity index (χ1n) is 9.48. The second kappa shape index (κ2) is 7.72. The molecule has 0 unspecified atom stereocenters. The Bertz CT molecular complexity index is 1430. The number of aryl methyl sites for hydroxylation is 1. The smallest absolute Gasteiger partial charge is 0.416 e. The number of thiazole rings is 1. The average molecular weight is 474 g/mol. The first-order chi connectivity index (χ1) is 15.3. The number of rotatable bonds is 4. The summed E-state index contributed by atoms with van der Waals surface area (Å²) in [6, 6.07) is 14.3. The molecule has 0 N–H and O–H groups in total. The summed E-state index contributed by atoms with van der Waals surface area (Å²) in [6.07, 6.45) is -4.46. The fourth-order valence-electron chi connectivity index (χ4n) is 3.32. The van der Waals surface area contributed by atoms with E-state index in [1.54, 1.807) is 19.1 Å². The molecule has 0 fully saturated rings. The van der Waals surface area contributed by atoms with Crippen molar-refractivity contribution >= 4 is 49.1 Å². The van der Waals surface area contributed by atoms with Gasteiger partial charge in [-0.25, -0.2) is 14.5 Å². The Balaban J connectivity index is 1.42. The van der Waals surface area contributed by atoms with Crippen LogP contribution < -0.4 is 0 Å². The van der Waals surface area contributed by atoms with Gasteiger partial charge in [0.1, 0.15) is 21.3 Å². The number of para-hydroxylation sites is 1. The standard InChI is InChI=1S/C22H14F3N3O2S2/c1-12-15-10-18(21(29)30-11-19-26-16-7-2-3-8-17(16)31-19)32-20(15)28(27-12)14-6-4-5-13(9-14)22(23,24)25/h2-10H,11H2,1H3. The van der Waals surface area contributed by atoms with Crippen LogP contribution in [0.15, 0.2) is 54.6 Å². The quantitative estimate of drug-likeness (QED) is 0.284. The number of nitrogens with zero attached hydrogens (tertiary/aromatic N) is 3. The van der Waals surface area contributed by atoms with Crippen LogP contribution in [0.25, 0.3) is 26.1 Å². The van der Waals surface area contributed by atoms with Crippen molar-refractivity contribution in [3.05, 3.63) is 75.7 Å². The van der Waals surface area contributed by atoms with Crippen LogP contribution in [0.1, 0.15) is 25.9 Å². The predicted molar refractivity (Wildman–Crippen MR) is 117 cm³/mol. The van der Waals surface area contributed by atoms with Crippen molar-refractivity contribution in [2.24, 2.45) is 0 Å². The fraction of sp³-hybridized carbons (Fsp3) is 0.136. The third kappa shape index (κ3) is 3.76. The molecule has 162 valence electrons. The number of alkyl halides is 3. The van der Waals surface area contributed by atoms with Crippen LogP contribution >= 0.6 is 22.7 Å². The van der Waals surface area contributed by atoms with Crippen LogP contribution in [-0.2, 0) is 17.5 Å². The molecule has 0 aliphatic carbocycles. The number of ether oxygens (including phenoxy) is 1. The van der Waals surface area contributed by atoms with Gasteiger partial charge in [0, 0.05) is 5.39 Å². The zero-order chi connectivity index (χ0) is 22.5. The van der Waals surface area contributed by atoms with Crippen LogP contribution in [-0.4, -0.2) is 20.7 Å². The maximum absolute atomic E-state index is 13.1. The van der Waals surface area contributed by atoms with Crippen LogP contribution in [0, 0.1) is 6.92 Å². The van der Waals surface area contributed by atoms with Crippen molar-refractivity contribution in [1.29, 1.82) is 0 Å². The minimum absolute atomic E-state index is 0.0468. The number of halogens is 3. The lowest BCUT2D eigenvalue weighted by atomic mass is 10.2. The number of hydrogen-bond donors (Lipinski definition) is 0. The molecule has 0 saturated heterocycles. The van der Waals surface area contributed by atoms with Crippen LogP contribution in [0.3, 0.4) is 0 Å². The lowest BCUT2D eigenvalue weighted by Gasteiger charge is -2.09. The summed E-state index contributed by atoms with van der Waals surface area (Å²) in [7, 11) is 0. The van der Waals surface area contributed by atoms with Gasteiger partial charge in [0.15, 0.2) is 0 Å². The molecule has 0 saturated carbocycles. The minimum Gasteiger partial charge on any atom is -0.454 e. The molecule has 5 aromatic rings. The van der Waals surface area contributed by atoms with Gasteiger partial charge in [0.25, 0.3) is 0 Å². The van der Waals surface area contributed by atoms with Crippen molar-refractivity contribution in [3.8, 4) is 5.69 Å². The Morgan fingerprint density at radius 2 is 1.91 bits per heavy atom. The van der Waals surface area contributed by atoms with Gasteiger partial charge >= 0.3 is 12.1 Å². The molecule has 3 heterocycles. The maximum Gasteiger partial charge on any atom is 0.416 e. The average Bonchev–Trinajstić information content (AvgIpc) is 3.46. The Hall–Kier alpha value is -3.24. The topological polar surface area (TPSA) is 57.0 Å². The number of hydrogen-bond acceptors (Lipinski definition) is 6. The predicted octanol–water partition coefficient (Wildman–Crippen LogP) is 6.38. The highest BCUT2D eigenvalue weighted by Crippen LogP contribution is 2.34. The molecule has 0 bridgehead atoms. The molecular formula is C22H14F3N3O2S2. The summed E-state index contributed by atoms with van der Waals surface area (Å²) in [5.41, 5.74) is 0.971. The van der Waals surface area contributed by atoms with E-state index >= 15 is 0 Å². The van der Waals surface area contributed by atoms with E-state index in [2.05, 4.69) is 10.1 Å². The van der Waals surface area contributed by atoms with Gasteiger partial charge in [-0.1, -0.05) is 18.2 Å². The van der Waals surface area contributed by atoms with Gasteiger partial charge in [-0.2, -0.15) is 18.3 Å². The van der Waals surface area contributed by atoms with Gasteiger partial charge < -0.3 is 4.74 Å². The lowest BCUT2D eigenvalue weighted by molar-refractivity contribution is -0.137. The van der Waals surface area contributed by atoms with Gasteiger partial charge in [-0.05, 0) is 43.3 Å². The third-order valence-corrected chi connectivity index (χ3v) is 6.93. The Kier molecular flexibility index (Phi) is 4.98. The molecule has 0 radical (unpaired) electrons. The van der Waals surface area contributed by atoms with E-state index in [-0.39, 0.29) is 12.3 Å². The van der Waals surface area contributed by atoms with Crippen molar-refractivity contribution in [2.45, 2.75) is 19.7 Å². The van der Waals surface area contributed by atoms with Gasteiger partial charge in [0.2, 0.25) is 0 Å². The zero-order valence-electron chi connectivity index (χ0n) is 16.5. The van der Waals surface area contributed by atoms with Crippen LogP contribution in [0.5, 0.6) is 0 Å². The maximum atomic E-state index is 13.1. The zero-order valence-corrected chi connectivity index (χ0v) is 18.1. The third-order valence-electron chi connectivity index (χ3n) is 4.83. The van der Waals surface area contributed by atoms with Gasteiger partial charge in [0.05, 0.1) is 27.2 Å². The summed E-state index contributed by atoms with van der Waals surface area (Å²) >= 11 is 2.58. The molecule has 2 aromatic carbocycles. The molecule has 3 aromatic heterocycles. The van der Waals surface area contributed by atoms with Crippen molar-refractivity contribution in [1.82, 2.24) is 14.8 Å². The number of fused-ring (bicyclic) bond motifs is 2. The minimum atomic E-state index is -4.46. The highest BCUT2D eigenvalue weighted by molar-refractivity contribution is 7.20. The molecule has 0 spiro atoms.